The Morgan fingerprint density at radius 3 is 1.47 bits per heavy atom. The molecule has 0 unspecified atom stereocenters. The molecule has 104 valence electrons. The largest absolute Gasteiger partial charge is 1.00 e. The maximum Gasteiger partial charge on any atom is -1.00 e. The van der Waals surface area contributed by atoms with Gasteiger partial charge in [0.15, 0.2) is 0 Å². The van der Waals surface area contributed by atoms with Crippen molar-refractivity contribution < 1.29 is 48.0 Å². The summed E-state index contributed by atoms with van der Waals surface area (Å²) in [6, 6.07) is 0. The van der Waals surface area contributed by atoms with Crippen LogP contribution in [-0.4, -0.2) is 17.6 Å². The summed E-state index contributed by atoms with van der Waals surface area (Å²) in [5.41, 5.74) is 0. The average molecular weight is 409 g/mol. The molecule has 0 aromatic carbocycles. The monoisotopic (exact) mass is 406 g/mol. The summed E-state index contributed by atoms with van der Waals surface area (Å²) in [5, 5.41) is 3.61. The Morgan fingerprint density at radius 2 is 1.16 bits per heavy atom. The van der Waals surface area contributed by atoms with E-state index in [1.54, 1.807) is 10.4 Å². The third-order valence-electron chi connectivity index (χ3n) is 3.48. The van der Waals surface area contributed by atoms with E-state index in [1.807, 2.05) is 6.56 Å². The first kappa shape index (κ1) is 19.9. The van der Waals surface area contributed by atoms with Gasteiger partial charge in [0.05, 0.1) is 0 Å². The van der Waals surface area contributed by atoms with Crippen LogP contribution in [0.15, 0.2) is 41.3 Å². The number of rotatable bonds is 4. The minimum absolute atomic E-state index is 0. The van der Waals surface area contributed by atoms with Gasteiger partial charge in [-0.3, -0.25) is 0 Å². The van der Waals surface area contributed by atoms with E-state index in [-0.39, 0.29) is 24.8 Å². The van der Waals surface area contributed by atoms with Crippen LogP contribution in [0.4, 0.5) is 0 Å². The second-order valence-corrected chi connectivity index (χ2v) is 15.0. The quantitative estimate of drug-likeness (QED) is 0.454. The van der Waals surface area contributed by atoms with Gasteiger partial charge in [0.1, 0.15) is 0 Å². The summed E-state index contributed by atoms with van der Waals surface area (Å²) in [6.45, 7) is 9.90. The van der Waals surface area contributed by atoms with Gasteiger partial charge in [-0.2, -0.15) is 0 Å². The van der Waals surface area contributed by atoms with E-state index in [9.17, 15) is 0 Å². The first-order valence-electron chi connectivity index (χ1n) is 6.65. The van der Waals surface area contributed by atoms with Crippen LogP contribution < -0.4 is 24.8 Å². The van der Waals surface area contributed by atoms with E-state index in [2.05, 4.69) is 50.5 Å². The van der Waals surface area contributed by atoms with Crippen LogP contribution in [0.5, 0.6) is 0 Å². The normalized spacial score (nSPS) is 17.2. The van der Waals surface area contributed by atoms with Crippen molar-refractivity contribution in [3.63, 3.8) is 0 Å². The molecule has 0 aromatic heterocycles. The maximum absolute atomic E-state index is 2.48. The van der Waals surface area contributed by atoms with Gasteiger partial charge in [-0.25, -0.2) is 0 Å². The van der Waals surface area contributed by atoms with Crippen LogP contribution in [0.1, 0.15) is 12.8 Å². The zero-order chi connectivity index (χ0) is 12.4. The second-order valence-electron chi connectivity index (χ2n) is 5.52. The number of allylic oxidation sites excluding steroid dienone is 8. The molecule has 2 aliphatic carbocycles. The summed E-state index contributed by atoms with van der Waals surface area (Å²) >= 11 is -0.421. The second kappa shape index (κ2) is 8.99. The summed E-state index contributed by atoms with van der Waals surface area (Å²) in [6.07, 6.45) is 12.3. The molecule has 0 aliphatic heterocycles. The Hall–Kier alpha value is 0.857. The topological polar surface area (TPSA) is 0 Å². The van der Waals surface area contributed by atoms with Crippen molar-refractivity contribution in [3.05, 3.63) is 41.3 Å². The summed E-state index contributed by atoms with van der Waals surface area (Å²) < 4.78 is 3.81. The molecule has 5 heteroatoms. The van der Waals surface area contributed by atoms with Gasteiger partial charge < -0.3 is 24.8 Å². The molecule has 0 atom stereocenters. The number of halogens is 2. The van der Waals surface area contributed by atoms with Crippen LogP contribution in [0.25, 0.3) is 0 Å². The minimum Gasteiger partial charge on any atom is -1.00 e. The van der Waals surface area contributed by atoms with E-state index in [0.29, 0.717) is 0 Å². The smallest absolute Gasteiger partial charge is 1.00 e. The molecule has 0 amide bonds. The molecule has 0 fully saturated rings. The van der Waals surface area contributed by atoms with E-state index >= 15 is 0 Å². The molecule has 0 radical (unpaired) electrons. The first-order valence-corrected chi connectivity index (χ1v) is 14.9. The average Bonchev–Trinajstić information content (AvgIpc) is 2.86. The Bertz CT molecular complexity index is 395. The number of hydrogen-bond acceptors (Lipinski definition) is 0. The molecule has 0 saturated heterocycles. The Balaban J connectivity index is 0.00000162. The predicted octanol–water partition coefficient (Wildman–Crippen LogP) is -2.44. The zero-order valence-corrected chi connectivity index (χ0v) is 18.4. The molecular formula is C14H22Cl2Si2Zr. The standard InChI is InChI=1S/2C7H11Si.2ClH.Zr/c2*1-8(2)7-5-3-4-6-7;;;/h2*3,5,8H,4H2,1-2H3;2*1H;/q;;;;+2/p-2. The van der Waals surface area contributed by atoms with Crippen LogP contribution in [0.2, 0.25) is 26.2 Å². The molecule has 0 N–H and O–H groups in total. The van der Waals surface area contributed by atoms with Crippen molar-refractivity contribution in [2.45, 2.75) is 39.0 Å². The molecule has 0 spiro atoms. The van der Waals surface area contributed by atoms with Crippen molar-refractivity contribution in [1.29, 1.82) is 0 Å². The van der Waals surface area contributed by atoms with E-state index in [0.717, 1.165) is 0 Å². The van der Waals surface area contributed by atoms with Gasteiger partial charge >= 0.3 is 121 Å². The van der Waals surface area contributed by atoms with Crippen molar-refractivity contribution >= 4 is 17.6 Å². The van der Waals surface area contributed by atoms with Crippen molar-refractivity contribution in [2.24, 2.45) is 0 Å². The molecular weight excluding hydrogens is 386 g/mol. The van der Waals surface area contributed by atoms with Crippen LogP contribution >= 0.6 is 0 Å². The van der Waals surface area contributed by atoms with Crippen LogP contribution in [-0.2, 0) is 23.2 Å². The van der Waals surface area contributed by atoms with Crippen LogP contribution in [0.3, 0.4) is 0 Å². The van der Waals surface area contributed by atoms with Crippen molar-refractivity contribution in [3.8, 4) is 0 Å². The summed E-state index contributed by atoms with van der Waals surface area (Å²) in [5.74, 6) is 0. The SMILES string of the molecule is C[SiH](C)C1=[C]([Zr+2][C]2=C([SiH](C)C)C=CC2)CC=C1.[Cl-].[Cl-]. The van der Waals surface area contributed by atoms with Crippen LogP contribution in [0, 0.1) is 0 Å². The fourth-order valence-electron chi connectivity index (χ4n) is 2.55. The van der Waals surface area contributed by atoms with Crippen molar-refractivity contribution in [2.75, 3.05) is 0 Å². The molecule has 2 aliphatic rings. The molecule has 0 heterocycles. The predicted molar refractivity (Wildman–Crippen MR) is 79.3 cm³/mol. The molecule has 0 nitrogen and oxygen atoms in total. The first-order chi connectivity index (χ1) is 8.09. The summed E-state index contributed by atoms with van der Waals surface area (Å²) in [4.78, 5) is 0. The molecule has 0 saturated carbocycles. The van der Waals surface area contributed by atoms with Crippen molar-refractivity contribution in [1.82, 2.24) is 0 Å². The van der Waals surface area contributed by atoms with Gasteiger partial charge in [-0.1, -0.05) is 0 Å². The molecule has 0 aromatic rings. The Labute approximate surface area is 145 Å². The third-order valence-corrected chi connectivity index (χ3v) is 12.4. The van der Waals surface area contributed by atoms with Gasteiger partial charge in [-0.15, -0.1) is 0 Å². The van der Waals surface area contributed by atoms with Gasteiger partial charge in [0.2, 0.25) is 0 Å². The molecule has 19 heavy (non-hydrogen) atoms. The maximum atomic E-state index is 2.48. The summed E-state index contributed by atoms with van der Waals surface area (Å²) in [7, 11) is -1.17. The Kier molecular flexibility index (Phi) is 9.40. The fourth-order valence-corrected chi connectivity index (χ4v) is 13.4. The molecule has 2 rings (SSSR count). The van der Waals surface area contributed by atoms with E-state index in [4.69, 9.17) is 0 Å². The molecule has 0 bridgehead atoms. The zero-order valence-electron chi connectivity index (χ0n) is 12.1. The van der Waals surface area contributed by atoms with E-state index < -0.39 is 40.8 Å². The minimum atomic E-state index is -0.583. The van der Waals surface area contributed by atoms with Gasteiger partial charge in [0.25, 0.3) is 0 Å². The van der Waals surface area contributed by atoms with E-state index in [1.165, 1.54) is 12.8 Å². The Morgan fingerprint density at radius 1 is 0.789 bits per heavy atom. The fraction of sp³-hybridized carbons (Fsp3) is 0.429. The third kappa shape index (κ3) is 4.96. The number of hydrogen-bond donors (Lipinski definition) is 0. The van der Waals surface area contributed by atoms with Gasteiger partial charge in [0, 0.05) is 0 Å². The van der Waals surface area contributed by atoms with Gasteiger partial charge in [-0.05, 0) is 0 Å².